The highest BCUT2D eigenvalue weighted by Crippen LogP contribution is 2.43. The maximum Gasteiger partial charge on any atom is 0.237 e. The Morgan fingerprint density at radius 2 is 2.31 bits per heavy atom. The van der Waals surface area contributed by atoms with E-state index in [-0.39, 0.29) is 11.4 Å². The normalized spacial score (nSPS) is 39.3. The standard InChI is InChI=1S/C10H18N2O/c1-2-12-8-4-3-6-10(12,7-5-8)9(11)13/h8H,2-7H2,1H3,(H2,11,13). The third-order valence-corrected chi connectivity index (χ3v) is 3.81. The van der Waals surface area contributed by atoms with Gasteiger partial charge in [0.1, 0.15) is 5.54 Å². The highest BCUT2D eigenvalue weighted by molar-refractivity contribution is 5.85. The molecule has 0 saturated carbocycles. The van der Waals surface area contributed by atoms with Crippen molar-refractivity contribution in [3.8, 4) is 0 Å². The van der Waals surface area contributed by atoms with Crippen LogP contribution in [0.5, 0.6) is 0 Å². The maximum absolute atomic E-state index is 11.5. The fourth-order valence-electron chi connectivity index (χ4n) is 3.20. The highest BCUT2D eigenvalue weighted by Gasteiger charge is 2.51. The number of hydrogen-bond donors (Lipinski definition) is 1. The molecule has 13 heavy (non-hydrogen) atoms. The van der Waals surface area contributed by atoms with E-state index in [9.17, 15) is 4.79 Å². The molecule has 2 bridgehead atoms. The van der Waals surface area contributed by atoms with Gasteiger partial charge in [-0.15, -0.1) is 0 Å². The summed E-state index contributed by atoms with van der Waals surface area (Å²) >= 11 is 0. The number of likely N-dealkylation sites (N-methyl/N-ethyl adjacent to an activating group) is 1. The highest BCUT2D eigenvalue weighted by atomic mass is 16.1. The van der Waals surface area contributed by atoms with Gasteiger partial charge in [0.05, 0.1) is 0 Å². The van der Waals surface area contributed by atoms with Crippen LogP contribution in [-0.2, 0) is 4.79 Å². The van der Waals surface area contributed by atoms with Gasteiger partial charge in [-0.2, -0.15) is 0 Å². The van der Waals surface area contributed by atoms with E-state index in [4.69, 9.17) is 5.73 Å². The van der Waals surface area contributed by atoms with Crippen molar-refractivity contribution in [2.75, 3.05) is 6.54 Å². The van der Waals surface area contributed by atoms with E-state index in [1.165, 1.54) is 12.8 Å². The fraction of sp³-hybridized carbons (Fsp3) is 0.900. The molecule has 2 rings (SSSR count). The van der Waals surface area contributed by atoms with E-state index in [2.05, 4.69) is 11.8 Å². The Kier molecular flexibility index (Phi) is 2.06. The Balaban J connectivity index is 2.29. The van der Waals surface area contributed by atoms with Gasteiger partial charge in [-0.25, -0.2) is 0 Å². The fourth-order valence-corrected chi connectivity index (χ4v) is 3.20. The lowest BCUT2D eigenvalue weighted by atomic mass is 9.87. The van der Waals surface area contributed by atoms with Crippen molar-refractivity contribution >= 4 is 5.91 Å². The molecule has 0 aliphatic carbocycles. The van der Waals surface area contributed by atoms with E-state index in [1.807, 2.05) is 0 Å². The number of amides is 1. The number of primary amides is 1. The molecule has 0 aromatic heterocycles. The summed E-state index contributed by atoms with van der Waals surface area (Å²) in [7, 11) is 0. The number of nitrogens with two attached hydrogens (primary N) is 1. The summed E-state index contributed by atoms with van der Waals surface area (Å²) in [6, 6.07) is 0.631. The Morgan fingerprint density at radius 3 is 2.85 bits per heavy atom. The zero-order valence-corrected chi connectivity index (χ0v) is 8.25. The average Bonchev–Trinajstić information content (AvgIpc) is 2.32. The summed E-state index contributed by atoms with van der Waals surface area (Å²) in [5.41, 5.74) is 5.26. The molecule has 3 nitrogen and oxygen atoms in total. The molecule has 0 radical (unpaired) electrons. The van der Waals surface area contributed by atoms with Crippen molar-refractivity contribution in [1.82, 2.24) is 4.90 Å². The summed E-state index contributed by atoms with van der Waals surface area (Å²) in [6.07, 6.45) is 5.55. The molecule has 2 N–H and O–H groups in total. The average molecular weight is 182 g/mol. The monoisotopic (exact) mass is 182 g/mol. The first-order chi connectivity index (χ1) is 6.20. The largest absolute Gasteiger partial charge is 0.368 e. The lowest BCUT2D eigenvalue weighted by molar-refractivity contribution is -0.131. The summed E-state index contributed by atoms with van der Waals surface area (Å²) in [4.78, 5) is 13.8. The lowest BCUT2D eigenvalue weighted by Crippen LogP contribution is -2.57. The molecule has 0 aromatic carbocycles. The molecule has 3 heteroatoms. The minimum atomic E-state index is -0.266. The van der Waals surface area contributed by atoms with Crippen LogP contribution in [0, 0.1) is 0 Å². The van der Waals surface area contributed by atoms with Gasteiger partial charge >= 0.3 is 0 Å². The number of carbonyl (C=O) groups excluding carboxylic acids is 1. The molecule has 2 aliphatic heterocycles. The first-order valence-corrected chi connectivity index (χ1v) is 5.27. The molecular weight excluding hydrogens is 164 g/mol. The summed E-state index contributed by atoms with van der Waals surface area (Å²) in [6.45, 7) is 3.09. The van der Waals surface area contributed by atoms with Crippen LogP contribution in [0.4, 0.5) is 0 Å². The van der Waals surface area contributed by atoms with Gasteiger partial charge in [-0.1, -0.05) is 6.92 Å². The van der Waals surface area contributed by atoms with Gasteiger partial charge < -0.3 is 5.73 Å². The second kappa shape index (κ2) is 2.98. The van der Waals surface area contributed by atoms with Crippen LogP contribution in [0.15, 0.2) is 0 Å². The zero-order chi connectivity index (χ0) is 9.47. The SMILES string of the molecule is CCN1C2CCCC1(C(N)=O)CC2. The maximum atomic E-state index is 11.5. The minimum Gasteiger partial charge on any atom is -0.368 e. The first-order valence-electron chi connectivity index (χ1n) is 5.27. The molecule has 2 fully saturated rings. The van der Waals surface area contributed by atoms with Gasteiger partial charge in [0.2, 0.25) is 5.91 Å². The van der Waals surface area contributed by atoms with Crippen LogP contribution >= 0.6 is 0 Å². The smallest absolute Gasteiger partial charge is 0.237 e. The second-order valence-electron chi connectivity index (χ2n) is 4.27. The molecule has 0 aromatic rings. The van der Waals surface area contributed by atoms with Crippen LogP contribution in [0.3, 0.4) is 0 Å². The van der Waals surface area contributed by atoms with Gasteiger partial charge in [0.25, 0.3) is 0 Å². The molecule has 2 saturated heterocycles. The predicted molar refractivity (Wildman–Crippen MR) is 51.2 cm³/mol. The van der Waals surface area contributed by atoms with Gasteiger partial charge in [0.15, 0.2) is 0 Å². The molecule has 2 aliphatic rings. The number of rotatable bonds is 2. The number of hydrogen-bond acceptors (Lipinski definition) is 2. The van der Waals surface area contributed by atoms with Crippen molar-refractivity contribution < 1.29 is 4.79 Å². The Bertz CT molecular complexity index is 225. The summed E-state index contributed by atoms with van der Waals surface area (Å²) in [5.74, 6) is -0.100. The summed E-state index contributed by atoms with van der Waals surface area (Å²) in [5, 5.41) is 0. The van der Waals surface area contributed by atoms with Crippen LogP contribution in [-0.4, -0.2) is 28.9 Å². The van der Waals surface area contributed by atoms with Crippen molar-refractivity contribution in [3.63, 3.8) is 0 Å². The van der Waals surface area contributed by atoms with Crippen molar-refractivity contribution in [3.05, 3.63) is 0 Å². The Labute approximate surface area is 79.3 Å². The van der Waals surface area contributed by atoms with Gasteiger partial charge in [-0.05, 0) is 38.6 Å². The van der Waals surface area contributed by atoms with Crippen molar-refractivity contribution in [2.24, 2.45) is 5.73 Å². The molecule has 74 valence electrons. The van der Waals surface area contributed by atoms with E-state index in [0.29, 0.717) is 6.04 Å². The van der Waals surface area contributed by atoms with Crippen LogP contribution in [0.25, 0.3) is 0 Å². The third-order valence-electron chi connectivity index (χ3n) is 3.81. The van der Waals surface area contributed by atoms with Crippen molar-refractivity contribution in [1.29, 1.82) is 0 Å². The number of piperidine rings is 1. The lowest BCUT2D eigenvalue weighted by Gasteiger charge is -2.42. The number of fused-ring (bicyclic) bond motifs is 2. The van der Waals surface area contributed by atoms with E-state index in [0.717, 1.165) is 25.8 Å². The van der Waals surface area contributed by atoms with E-state index >= 15 is 0 Å². The summed E-state index contributed by atoms with van der Waals surface area (Å²) < 4.78 is 0. The third kappa shape index (κ3) is 1.10. The topological polar surface area (TPSA) is 46.3 Å². The van der Waals surface area contributed by atoms with E-state index < -0.39 is 0 Å². The number of nitrogens with zero attached hydrogens (tertiary/aromatic N) is 1. The second-order valence-corrected chi connectivity index (χ2v) is 4.27. The Morgan fingerprint density at radius 1 is 1.54 bits per heavy atom. The quantitative estimate of drug-likeness (QED) is 0.689. The number of carbonyl (C=O) groups is 1. The molecule has 2 heterocycles. The van der Waals surface area contributed by atoms with Crippen LogP contribution in [0.2, 0.25) is 0 Å². The molecule has 0 spiro atoms. The molecule has 2 atom stereocenters. The Hall–Kier alpha value is -0.570. The predicted octanol–water partition coefficient (Wildman–Crippen LogP) is 0.879. The van der Waals surface area contributed by atoms with Crippen molar-refractivity contribution in [2.45, 2.75) is 50.6 Å². The van der Waals surface area contributed by atoms with Gasteiger partial charge in [-0.3, -0.25) is 9.69 Å². The van der Waals surface area contributed by atoms with Gasteiger partial charge in [0, 0.05) is 6.04 Å². The molecule has 2 unspecified atom stereocenters. The first kappa shape index (κ1) is 9.00. The molecular formula is C10H18N2O. The minimum absolute atomic E-state index is 0.100. The van der Waals surface area contributed by atoms with Crippen LogP contribution in [0.1, 0.15) is 39.0 Å². The van der Waals surface area contributed by atoms with E-state index in [1.54, 1.807) is 0 Å². The molecule has 1 amide bonds. The van der Waals surface area contributed by atoms with Crippen LogP contribution < -0.4 is 5.73 Å². The zero-order valence-electron chi connectivity index (χ0n) is 8.25.